The number of thioether (sulfide) groups is 1. The Morgan fingerprint density at radius 3 is 2.43 bits per heavy atom. The van der Waals surface area contributed by atoms with E-state index in [4.69, 9.17) is 16.3 Å². The molecule has 28 heavy (non-hydrogen) atoms. The lowest BCUT2D eigenvalue weighted by Gasteiger charge is -2.12. The second kappa shape index (κ2) is 9.12. The first-order valence-corrected chi connectivity index (χ1v) is 10.1. The van der Waals surface area contributed by atoms with Crippen LogP contribution in [0.25, 0.3) is 17.1 Å². The van der Waals surface area contributed by atoms with Crippen LogP contribution in [-0.2, 0) is 4.79 Å². The van der Waals surface area contributed by atoms with Crippen LogP contribution >= 0.6 is 23.4 Å². The molecule has 1 heterocycles. The van der Waals surface area contributed by atoms with E-state index in [1.807, 2.05) is 66.9 Å². The zero-order chi connectivity index (χ0) is 20.1. The zero-order valence-electron chi connectivity index (χ0n) is 15.8. The molecule has 1 N–H and O–H groups in total. The van der Waals surface area contributed by atoms with Crippen molar-refractivity contribution < 1.29 is 9.53 Å². The summed E-state index contributed by atoms with van der Waals surface area (Å²) in [5.41, 5.74) is 1.76. The molecule has 0 spiro atoms. The highest BCUT2D eigenvalue weighted by atomic mass is 35.5. The number of nitrogens with zero attached hydrogens (tertiary/aromatic N) is 3. The number of benzene rings is 2. The maximum absolute atomic E-state index is 12.1. The standard InChI is InChI=1S/C20H21ClN4O2S/c1-13(2)22-18(26)12-28-20-24-23-19(14-4-6-15(21)7-5-14)25(20)16-8-10-17(27-3)11-9-16/h4-11,13H,12H2,1-3H3,(H,22,26). The maximum atomic E-state index is 12.1. The highest BCUT2D eigenvalue weighted by Gasteiger charge is 2.17. The van der Waals surface area contributed by atoms with E-state index in [-0.39, 0.29) is 17.7 Å². The van der Waals surface area contributed by atoms with Gasteiger partial charge in [0.05, 0.1) is 12.9 Å². The van der Waals surface area contributed by atoms with Crippen molar-refractivity contribution in [1.82, 2.24) is 20.1 Å². The van der Waals surface area contributed by atoms with Crippen molar-refractivity contribution in [2.75, 3.05) is 12.9 Å². The molecule has 6 nitrogen and oxygen atoms in total. The second-order valence-corrected chi connectivity index (χ2v) is 7.74. The van der Waals surface area contributed by atoms with Gasteiger partial charge in [0.25, 0.3) is 0 Å². The molecular formula is C20H21ClN4O2S. The molecule has 0 saturated carbocycles. The average molecular weight is 417 g/mol. The molecule has 0 radical (unpaired) electrons. The van der Waals surface area contributed by atoms with E-state index in [0.29, 0.717) is 16.0 Å². The smallest absolute Gasteiger partial charge is 0.230 e. The first-order valence-electron chi connectivity index (χ1n) is 8.76. The summed E-state index contributed by atoms with van der Waals surface area (Å²) >= 11 is 7.36. The summed E-state index contributed by atoms with van der Waals surface area (Å²) in [6.07, 6.45) is 0. The van der Waals surface area contributed by atoms with Crippen LogP contribution < -0.4 is 10.1 Å². The predicted octanol–water partition coefficient (Wildman–Crippen LogP) is 4.21. The lowest BCUT2D eigenvalue weighted by molar-refractivity contribution is -0.119. The van der Waals surface area contributed by atoms with Crippen LogP contribution in [0.2, 0.25) is 5.02 Å². The molecule has 0 aliphatic heterocycles. The van der Waals surface area contributed by atoms with Crippen LogP contribution in [0.3, 0.4) is 0 Å². The molecule has 8 heteroatoms. The highest BCUT2D eigenvalue weighted by molar-refractivity contribution is 7.99. The Morgan fingerprint density at radius 1 is 1.14 bits per heavy atom. The van der Waals surface area contributed by atoms with Crippen LogP contribution in [0.5, 0.6) is 5.75 Å². The van der Waals surface area contributed by atoms with Gasteiger partial charge >= 0.3 is 0 Å². The van der Waals surface area contributed by atoms with E-state index in [2.05, 4.69) is 15.5 Å². The molecule has 0 atom stereocenters. The number of hydrogen-bond acceptors (Lipinski definition) is 5. The monoisotopic (exact) mass is 416 g/mol. The van der Waals surface area contributed by atoms with Gasteiger partial charge in [-0.05, 0) is 62.4 Å². The molecule has 2 aromatic carbocycles. The van der Waals surface area contributed by atoms with Crippen molar-refractivity contribution in [3.8, 4) is 22.8 Å². The van der Waals surface area contributed by atoms with Gasteiger partial charge in [-0.1, -0.05) is 23.4 Å². The van der Waals surface area contributed by atoms with Gasteiger partial charge in [-0.25, -0.2) is 0 Å². The molecule has 0 aliphatic carbocycles. The van der Waals surface area contributed by atoms with Crippen LogP contribution in [0.15, 0.2) is 53.7 Å². The first kappa shape index (κ1) is 20.2. The van der Waals surface area contributed by atoms with E-state index in [1.165, 1.54) is 11.8 Å². The Bertz CT molecular complexity index is 940. The van der Waals surface area contributed by atoms with Crippen molar-refractivity contribution in [3.63, 3.8) is 0 Å². The van der Waals surface area contributed by atoms with Crippen molar-refractivity contribution in [2.24, 2.45) is 0 Å². The van der Waals surface area contributed by atoms with Crippen LogP contribution in [0.1, 0.15) is 13.8 Å². The topological polar surface area (TPSA) is 69.0 Å². The van der Waals surface area contributed by atoms with Gasteiger partial charge < -0.3 is 10.1 Å². The number of aromatic nitrogens is 3. The quantitative estimate of drug-likeness (QED) is 0.584. The lowest BCUT2D eigenvalue weighted by Crippen LogP contribution is -2.31. The number of carbonyl (C=O) groups excluding carboxylic acids is 1. The second-order valence-electron chi connectivity index (χ2n) is 6.36. The Morgan fingerprint density at radius 2 is 1.82 bits per heavy atom. The Hall–Kier alpha value is -2.51. The van der Waals surface area contributed by atoms with Gasteiger partial charge in [0.1, 0.15) is 5.75 Å². The molecular weight excluding hydrogens is 396 g/mol. The third-order valence-corrected chi connectivity index (χ3v) is 5.03. The first-order chi connectivity index (χ1) is 13.5. The van der Waals surface area contributed by atoms with Gasteiger partial charge in [-0.15, -0.1) is 10.2 Å². The van der Waals surface area contributed by atoms with Crippen molar-refractivity contribution in [2.45, 2.75) is 25.0 Å². The fourth-order valence-electron chi connectivity index (χ4n) is 2.61. The number of hydrogen-bond donors (Lipinski definition) is 1. The molecule has 0 unspecified atom stereocenters. The highest BCUT2D eigenvalue weighted by Crippen LogP contribution is 2.29. The number of nitrogens with one attached hydrogen (secondary N) is 1. The number of halogens is 1. The summed E-state index contributed by atoms with van der Waals surface area (Å²) in [5, 5.41) is 12.8. The van der Waals surface area contributed by atoms with Gasteiger partial charge in [0.15, 0.2) is 11.0 Å². The Labute approximate surface area is 173 Å². The van der Waals surface area contributed by atoms with Crippen LogP contribution in [0, 0.1) is 0 Å². The zero-order valence-corrected chi connectivity index (χ0v) is 17.4. The number of carbonyl (C=O) groups is 1. The van der Waals surface area contributed by atoms with Crippen LogP contribution in [-0.4, -0.2) is 39.6 Å². The fourth-order valence-corrected chi connectivity index (χ4v) is 3.50. The Balaban J connectivity index is 1.97. The number of methoxy groups -OCH3 is 1. The van der Waals surface area contributed by atoms with Crippen LogP contribution in [0.4, 0.5) is 0 Å². The third-order valence-electron chi connectivity index (χ3n) is 3.85. The van der Waals surface area contributed by atoms with E-state index >= 15 is 0 Å². The number of ether oxygens (including phenoxy) is 1. The Kier molecular flexibility index (Phi) is 6.59. The summed E-state index contributed by atoms with van der Waals surface area (Å²) in [6, 6.07) is 15.1. The number of amides is 1. The van der Waals surface area contributed by atoms with E-state index < -0.39 is 0 Å². The third kappa shape index (κ3) is 4.85. The van der Waals surface area contributed by atoms with Crippen molar-refractivity contribution in [3.05, 3.63) is 53.6 Å². The molecule has 0 bridgehead atoms. The normalized spacial score (nSPS) is 10.9. The summed E-state index contributed by atoms with van der Waals surface area (Å²) in [5.74, 6) is 1.65. The molecule has 1 aromatic heterocycles. The minimum atomic E-state index is -0.0441. The molecule has 3 aromatic rings. The summed E-state index contributed by atoms with van der Waals surface area (Å²) < 4.78 is 7.17. The van der Waals surface area contributed by atoms with Gasteiger partial charge in [0, 0.05) is 22.3 Å². The minimum absolute atomic E-state index is 0.0441. The molecule has 146 valence electrons. The molecule has 0 aliphatic rings. The summed E-state index contributed by atoms with van der Waals surface area (Å²) in [6.45, 7) is 3.86. The maximum Gasteiger partial charge on any atom is 0.230 e. The molecule has 3 rings (SSSR count). The van der Waals surface area contributed by atoms with Crippen molar-refractivity contribution >= 4 is 29.3 Å². The predicted molar refractivity (Wildman–Crippen MR) is 112 cm³/mol. The van der Waals surface area contributed by atoms with Gasteiger partial charge in [-0.3, -0.25) is 9.36 Å². The largest absolute Gasteiger partial charge is 0.497 e. The SMILES string of the molecule is COc1ccc(-n2c(SCC(=O)NC(C)C)nnc2-c2ccc(Cl)cc2)cc1. The molecule has 0 saturated heterocycles. The number of rotatable bonds is 7. The van der Waals surface area contributed by atoms with E-state index in [1.54, 1.807) is 7.11 Å². The van der Waals surface area contributed by atoms with E-state index in [0.717, 1.165) is 17.0 Å². The van der Waals surface area contributed by atoms with Gasteiger partial charge in [0.2, 0.25) is 5.91 Å². The summed E-state index contributed by atoms with van der Waals surface area (Å²) in [4.78, 5) is 12.1. The summed E-state index contributed by atoms with van der Waals surface area (Å²) in [7, 11) is 1.63. The minimum Gasteiger partial charge on any atom is -0.497 e. The molecule has 1 amide bonds. The van der Waals surface area contributed by atoms with Gasteiger partial charge in [-0.2, -0.15) is 0 Å². The van der Waals surface area contributed by atoms with E-state index in [9.17, 15) is 4.79 Å². The average Bonchev–Trinajstić information content (AvgIpc) is 3.10. The van der Waals surface area contributed by atoms with Crippen molar-refractivity contribution in [1.29, 1.82) is 0 Å². The molecule has 0 fully saturated rings. The lowest BCUT2D eigenvalue weighted by atomic mass is 10.2. The fraction of sp³-hybridized carbons (Fsp3) is 0.250.